The third-order valence-electron chi connectivity index (χ3n) is 9.06. The molecule has 8 aromatic carbocycles. The molecule has 0 aliphatic heterocycles. The average Bonchev–Trinajstić information content (AvgIpc) is 3.52. The lowest BCUT2D eigenvalue weighted by atomic mass is 9.94. The van der Waals surface area contributed by atoms with E-state index in [1.165, 1.54) is 49.2 Å². The normalized spacial score (nSPS) is 11.5. The van der Waals surface area contributed by atoms with Crippen molar-refractivity contribution in [2.75, 3.05) is 4.90 Å². The molecule has 0 atom stereocenters. The van der Waals surface area contributed by atoms with Gasteiger partial charge >= 0.3 is 0 Å². The number of nitrogens with zero attached hydrogens (tertiary/aromatic N) is 1. The average molecular weight is 588 g/mol. The van der Waals surface area contributed by atoms with Crippen LogP contribution in [0.1, 0.15) is 0 Å². The van der Waals surface area contributed by atoms with Crippen LogP contribution >= 0.6 is 0 Å². The fourth-order valence-corrected chi connectivity index (χ4v) is 6.89. The van der Waals surface area contributed by atoms with Crippen LogP contribution in [0, 0.1) is 0 Å². The van der Waals surface area contributed by atoms with Crippen molar-refractivity contribution in [3.8, 4) is 22.3 Å². The SMILES string of the molecule is c1ccc(-c2ccc(N(c3ccc(-c4cccc5ccc6oc7ccccc7c6c45)cc3)c3cccc4ccccc34)cc2)cc1. The maximum atomic E-state index is 6.27. The van der Waals surface area contributed by atoms with Crippen LogP contribution in [0.3, 0.4) is 0 Å². The van der Waals surface area contributed by atoms with Gasteiger partial charge in [0.15, 0.2) is 0 Å². The summed E-state index contributed by atoms with van der Waals surface area (Å²) in [6, 6.07) is 62.7. The van der Waals surface area contributed by atoms with Gasteiger partial charge in [-0.15, -0.1) is 0 Å². The minimum atomic E-state index is 0.916. The van der Waals surface area contributed by atoms with Gasteiger partial charge in [-0.3, -0.25) is 0 Å². The van der Waals surface area contributed by atoms with Gasteiger partial charge < -0.3 is 9.32 Å². The van der Waals surface area contributed by atoms with Crippen molar-refractivity contribution >= 4 is 60.5 Å². The van der Waals surface area contributed by atoms with Crippen LogP contribution in [-0.4, -0.2) is 0 Å². The van der Waals surface area contributed by atoms with Crippen LogP contribution in [0.15, 0.2) is 180 Å². The zero-order chi connectivity index (χ0) is 30.5. The molecule has 0 saturated carbocycles. The Balaban J connectivity index is 1.20. The molecule has 0 amide bonds. The summed E-state index contributed by atoms with van der Waals surface area (Å²) in [6.45, 7) is 0. The molecular formula is C44H29NO. The van der Waals surface area contributed by atoms with E-state index in [4.69, 9.17) is 4.42 Å². The third kappa shape index (κ3) is 4.35. The quantitative estimate of drug-likeness (QED) is 0.199. The smallest absolute Gasteiger partial charge is 0.136 e. The summed E-state index contributed by atoms with van der Waals surface area (Å²) >= 11 is 0. The topological polar surface area (TPSA) is 16.4 Å². The number of para-hydroxylation sites is 1. The molecule has 1 heterocycles. The van der Waals surface area contributed by atoms with Gasteiger partial charge in [0.05, 0.1) is 5.69 Å². The van der Waals surface area contributed by atoms with E-state index in [9.17, 15) is 0 Å². The second kappa shape index (κ2) is 10.8. The van der Waals surface area contributed by atoms with Gasteiger partial charge in [0.2, 0.25) is 0 Å². The zero-order valence-corrected chi connectivity index (χ0v) is 25.1. The van der Waals surface area contributed by atoms with Gasteiger partial charge in [-0.2, -0.15) is 0 Å². The first-order valence-corrected chi connectivity index (χ1v) is 15.7. The predicted molar refractivity (Wildman–Crippen MR) is 194 cm³/mol. The van der Waals surface area contributed by atoms with Crippen LogP contribution < -0.4 is 4.90 Å². The lowest BCUT2D eigenvalue weighted by molar-refractivity contribution is 0.669. The fraction of sp³-hybridized carbons (Fsp3) is 0. The van der Waals surface area contributed by atoms with Crippen LogP contribution in [0.25, 0.3) is 65.7 Å². The van der Waals surface area contributed by atoms with Crippen molar-refractivity contribution in [1.82, 2.24) is 0 Å². The Morgan fingerprint density at radius 3 is 1.76 bits per heavy atom. The summed E-state index contributed by atoms with van der Waals surface area (Å²) in [4.78, 5) is 2.37. The van der Waals surface area contributed by atoms with Gasteiger partial charge in [-0.1, -0.05) is 133 Å². The second-order valence-electron chi connectivity index (χ2n) is 11.7. The van der Waals surface area contributed by atoms with Crippen molar-refractivity contribution < 1.29 is 4.42 Å². The summed E-state index contributed by atoms with van der Waals surface area (Å²) in [5, 5.41) is 7.17. The Kier molecular flexibility index (Phi) is 6.17. The van der Waals surface area contributed by atoms with Crippen molar-refractivity contribution in [3.05, 3.63) is 176 Å². The molecular weight excluding hydrogens is 558 g/mol. The van der Waals surface area contributed by atoms with E-state index in [1.54, 1.807) is 0 Å². The molecule has 0 N–H and O–H groups in total. The Hall–Kier alpha value is -6.12. The Morgan fingerprint density at radius 2 is 0.957 bits per heavy atom. The molecule has 1 aromatic heterocycles. The molecule has 0 aliphatic rings. The molecule has 0 spiro atoms. The van der Waals surface area contributed by atoms with Gasteiger partial charge in [0.25, 0.3) is 0 Å². The number of fused-ring (bicyclic) bond motifs is 6. The minimum Gasteiger partial charge on any atom is -0.456 e. The van der Waals surface area contributed by atoms with E-state index >= 15 is 0 Å². The van der Waals surface area contributed by atoms with Crippen LogP contribution in [-0.2, 0) is 0 Å². The summed E-state index contributed by atoms with van der Waals surface area (Å²) < 4.78 is 6.27. The van der Waals surface area contributed by atoms with E-state index in [0.29, 0.717) is 0 Å². The first-order chi connectivity index (χ1) is 22.8. The first kappa shape index (κ1) is 26.3. The lowest BCUT2D eigenvalue weighted by Gasteiger charge is -2.27. The zero-order valence-electron chi connectivity index (χ0n) is 25.1. The van der Waals surface area contributed by atoms with Crippen LogP contribution in [0.4, 0.5) is 17.1 Å². The number of hydrogen-bond donors (Lipinski definition) is 0. The molecule has 0 radical (unpaired) electrons. The van der Waals surface area contributed by atoms with Crippen LogP contribution in [0.5, 0.6) is 0 Å². The molecule has 0 fully saturated rings. The first-order valence-electron chi connectivity index (χ1n) is 15.7. The second-order valence-corrected chi connectivity index (χ2v) is 11.7. The van der Waals surface area contributed by atoms with Gasteiger partial charge in [-0.25, -0.2) is 0 Å². The fourth-order valence-electron chi connectivity index (χ4n) is 6.89. The van der Waals surface area contributed by atoms with E-state index in [2.05, 4.69) is 169 Å². The van der Waals surface area contributed by atoms with Gasteiger partial charge in [0, 0.05) is 32.9 Å². The Bertz CT molecular complexity index is 2500. The minimum absolute atomic E-state index is 0.916. The molecule has 0 bridgehead atoms. The monoisotopic (exact) mass is 587 g/mol. The number of hydrogen-bond acceptors (Lipinski definition) is 2. The Labute approximate surface area is 267 Å². The molecule has 2 heteroatoms. The number of rotatable bonds is 5. The Morgan fingerprint density at radius 1 is 0.348 bits per heavy atom. The van der Waals surface area contributed by atoms with E-state index < -0.39 is 0 Å². The van der Waals surface area contributed by atoms with E-state index in [0.717, 1.165) is 33.6 Å². The highest BCUT2D eigenvalue weighted by Gasteiger charge is 2.17. The summed E-state index contributed by atoms with van der Waals surface area (Å²) in [5.74, 6) is 0. The largest absolute Gasteiger partial charge is 0.456 e. The molecule has 0 aliphatic carbocycles. The van der Waals surface area contributed by atoms with Crippen molar-refractivity contribution in [2.45, 2.75) is 0 Å². The molecule has 216 valence electrons. The molecule has 46 heavy (non-hydrogen) atoms. The maximum Gasteiger partial charge on any atom is 0.136 e. The molecule has 0 unspecified atom stereocenters. The lowest BCUT2D eigenvalue weighted by Crippen LogP contribution is -2.10. The summed E-state index contributed by atoms with van der Waals surface area (Å²) in [5.41, 5.74) is 9.98. The predicted octanol–water partition coefficient (Wildman–Crippen LogP) is 12.7. The summed E-state index contributed by atoms with van der Waals surface area (Å²) in [7, 11) is 0. The molecule has 9 rings (SSSR count). The standard InChI is InChI=1S/C44H29NO/c1-2-10-30(11-3-1)31-20-25-35(26-21-31)45(40-18-9-13-32-12-4-5-15-37(32)40)36-27-22-33(23-28-36)38-17-8-14-34-24-29-42-44(43(34)38)39-16-6-7-19-41(39)46-42/h1-29H. The van der Waals surface area contributed by atoms with Gasteiger partial charge in [0.1, 0.15) is 11.2 Å². The molecule has 2 nitrogen and oxygen atoms in total. The number of anilines is 3. The van der Waals surface area contributed by atoms with Crippen molar-refractivity contribution in [2.24, 2.45) is 0 Å². The van der Waals surface area contributed by atoms with Crippen LogP contribution in [0.2, 0.25) is 0 Å². The number of benzene rings is 8. The highest BCUT2D eigenvalue weighted by Crippen LogP contribution is 2.42. The highest BCUT2D eigenvalue weighted by atomic mass is 16.3. The maximum absolute atomic E-state index is 6.27. The van der Waals surface area contributed by atoms with E-state index in [-0.39, 0.29) is 0 Å². The van der Waals surface area contributed by atoms with Gasteiger partial charge in [-0.05, 0) is 75.5 Å². The number of furan rings is 1. The molecule has 9 aromatic rings. The van der Waals surface area contributed by atoms with E-state index in [1.807, 2.05) is 12.1 Å². The third-order valence-corrected chi connectivity index (χ3v) is 9.06. The highest BCUT2D eigenvalue weighted by molar-refractivity contribution is 6.22. The van der Waals surface area contributed by atoms with Crippen molar-refractivity contribution in [3.63, 3.8) is 0 Å². The van der Waals surface area contributed by atoms with Crippen molar-refractivity contribution in [1.29, 1.82) is 0 Å². The summed E-state index contributed by atoms with van der Waals surface area (Å²) in [6.07, 6.45) is 0. The molecule has 0 saturated heterocycles.